The standard InChI is InChI=1S/C2H6N2O2/c1-6-2(5)4-3/h2-3,5H,1H3/t2-/m1/s1. The van der Waals surface area contributed by atoms with Crippen molar-refractivity contribution in [3.63, 3.8) is 0 Å². The molecule has 0 heterocycles. The van der Waals surface area contributed by atoms with Crippen molar-refractivity contribution >= 4 is 0 Å². The molecular weight excluding hydrogens is 84.0 g/mol. The maximum absolute atomic E-state index is 8.09. The van der Waals surface area contributed by atoms with Gasteiger partial charge in [-0.25, -0.2) is 5.53 Å². The Bertz CT molecular complexity index is 46.8. The number of nitrogens with zero attached hydrogens (tertiary/aromatic N) is 1. The summed E-state index contributed by atoms with van der Waals surface area (Å²) in [7, 11) is 1.27. The van der Waals surface area contributed by atoms with Crippen molar-refractivity contribution in [3.8, 4) is 0 Å². The van der Waals surface area contributed by atoms with Gasteiger partial charge in [0.1, 0.15) is 0 Å². The number of hydrogen-bond acceptors (Lipinski definition) is 4. The zero-order valence-corrected chi connectivity index (χ0v) is 3.38. The summed E-state index contributed by atoms with van der Waals surface area (Å²) in [5.41, 5.74) is 6.06. The number of aliphatic hydroxyl groups excluding tert-OH is 1. The van der Waals surface area contributed by atoms with Crippen LogP contribution in [0.25, 0.3) is 0 Å². The van der Waals surface area contributed by atoms with E-state index in [1.165, 1.54) is 7.11 Å². The van der Waals surface area contributed by atoms with Crippen LogP contribution >= 0.6 is 0 Å². The van der Waals surface area contributed by atoms with E-state index in [4.69, 9.17) is 10.6 Å². The topological polar surface area (TPSA) is 65.7 Å². The van der Waals surface area contributed by atoms with Gasteiger partial charge in [0.15, 0.2) is 0 Å². The number of methoxy groups -OCH3 is 1. The van der Waals surface area contributed by atoms with Crippen molar-refractivity contribution in [2.24, 2.45) is 5.11 Å². The molecule has 1 atom stereocenters. The average Bonchev–Trinajstić information content (AvgIpc) is 1.65. The Labute approximate surface area is 35.2 Å². The Balaban J connectivity index is 2.96. The number of aliphatic hydroxyl groups is 1. The molecule has 0 radical (unpaired) electrons. The molecule has 0 aromatic heterocycles. The van der Waals surface area contributed by atoms with Crippen molar-refractivity contribution in [3.05, 3.63) is 0 Å². The van der Waals surface area contributed by atoms with Crippen LogP contribution in [0.3, 0.4) is 0 Å². The molecule has 0 amide bonds. The first-order valence-electron chi connectivity index (χ1n) is 1.38. The molecular formula is C2H6N2O2. The molecule has 0 bridgehead atoms. The van der Waals surface area contributed by atoms with Crippen LogP contribution in [0, 0.1) is 5.53 Å². The van der Waals surface area contributed by atoms with Crippen LogP contribution in [-0.2, 0) is 4.74 Å². The van der Waals surface area contributed by atoms with E-state index in [0.717, 1.165) is 0 Å². The van der Waals surface area contributed by atoms with Gasteiger partial charge in [0.2, 0.25) is 0 Å². The van der Waals surface area contributed by atoms with E-state index in [1.54, 1.807) is 0 Å². The molecule has 0 spiro atoms. The third kappa shape index (κ3) is 1.80. The van der Waals surface area contributed by atoms with Crippen molar-refractivity contribution < 1.29 is 9.84 Å². The SMILES string of the molecule is CO[C@@H](O)N=N. The molecule has 0 fully saturated rings. The number of nitrogens with one attached hydrogen (secondary N) is 1. The van der Waals surface area contributed by atoms with Crippen molar-refractivity contribution in [2.45, 2.75) is 6.41 Å². The highest BCUT2D eigenvalue weighted by molar-refractivity contribution is 4.13. The summed E-state index contributed by atoms with van der Waals surface area (Å²) in [4.78, 5) is 0. The van der Waals surface area contributed by atoms with Crippen LogP contribution in [0.15, 0.2) is 5.11 Å². The molecule has 0 rings (SSSR count). The molecule has 0 aromatic carbocycles. The van der Waals surface area contributed by atoms with Gasteiger partial charge in [-0.2, -0.15) is 0 Å². The van der Waals surface area contributed by atoms with Crippen LogP contribution < -0.4 is 0 Å². The Hall–Kier alpha value is -0.480. The Morgan fingerprint density at radius 3 is 2.50 bits per heavy atom. The van der Waals surface area contributed by atoms with Gasteiger partial charge in [-0.3, -0.25) is 0 Å². The lowest BCUT2D eigenvalue weighted by molar-refractivity contribution is -0.0729. The second kappa shape index (κ2) is 2.74. The van der Waals surface area contributed by atoms with Crippen molar-refractivity contribution in [1.29, 1.82) is 5.53 Å². The van der Waals surface area contributed by atoms with Crippen LogP contribution in [0.1, 0.15) is 0 Å². The fourth-order valence-electron chi connectivity index (χ4n) is 0.0527. The highest BCUT2D eigenvalue weighted by atomic mass is 16.6. The molecule has 0 saturated carbocycles. The largest absolute Gasteiger partial charge is 0.349 e. The lowest BCUT2D eigenvalue weighted by Gasteiger charge is -1.93. The molecule has 0 saturated heterocycles. The smallest absolute Gasteiger partial charge is 0.273 e. The zero-order valence-electron chi connectivity index (χ0n) is 3.38. The molecule has 0 aliphatic rings. The summed E-state index contributed by atoms with van der Waals surface area (Å²) in [6.07, 6.45) is -1.27. The monoisotopic (exact) mass is 90.0 g/mol. The minimum Gasteiger partial charge on any atom is -0.349 e. The Morgan fingerprint density at radius 1 is 2.00 bits per heavy atom. The lowest BCUT2D eigenvalue weighted by Crippen LogP contribution is -2.01. The van der Waals surface area contributed by atoms with Gasteiger partial charge in [-0.1, -0.05) is 0 Å². The summed E-state index contributed by atoms with van der Waals surface area (Å²) >= 11 is 0. The average molecular weight is 90.1 g/mol. The molecule has 0 aliphatic carbocycles. The van der Waals surface area contributed by atoms with Crippen LogP contribution in [0.5, 0.6) is 0 Å². The molecule has 2 N–H and O–H groups in total. The van der Waals surface area contributed by atoms with Crippen LogP contribution in [-0.4, -0.2) is 18.6 Å². The number of rotatable bonds is 2. The molecule has 6 heavy (non-hydrogen) atoms. The summed E-state index contributed by atoms with van der Waals surface area (Å²) < 4.78 is 4.10. The van der Waals surface area contributed by atoms with Gasteiger partial charge in [-0.15, -0.1) is 5.11 Å². The molecule has 4 heteroatoms. The quantitative estimate of drug-likeness (QED) is 0.368. The van der Waals surface area contributed by atoms with E-state index >= 15 is 0 Å². The van der Waals surface area contributed by atoms with E-state index in [9.17, 15) is 0 Å². The third-order valence-electron chi connectivity index (χ3n) is 0.321. The highest BCUT2D eigenvalue weighted by Gasteiger charge is 1.88. The molecule has 0 aromatic rings. The minimum absolute atomic E-state index is 1.27. The maximum atomic E-state index is 8.09. The fourth-order valence-corrected chi connectivity index (χ4v) is 0.0527. The first-order chi connectivity index (χ1) is 2.81. The van der Waals surface area contributed by atoms with Gasteiger partial charge in [0, 0.05) is 7.11 Å². The maximum Gasteiger partial charge on any atom is 0.273 e. The molecule has 4 nitrogen and oxygen atoms in total. The van der Waals surface area contributed by atoms with Crippen molar-refractivity contribution in [2.75, 3.05) is 7.11 Å². The zero-order chi connectivity index (χ0) is 4.99. The Kier molecular flexibility index (Phi) is 2.52. The molecule has 36 valence electrons. The minimum atomic E-state index is -1.27. The highest BCUT2D eigenvalue weighted by Crippen LogP contribution is 1.79. The number of hydrogen-bond donors (Lipinski definition) is 2. The first kappa shape index (κ1) is 5.52. The lowest BCUT2D eigenvalue weighted by atomic mass is 11.2. The molecule has 0 unspecified atom stereocenters. The summed E-state index contributed by atoms with van der Waals surface area (Å²) in [5, 5.41) is 10.7. The summed E-state index contributed by atoms with van der Waals surface area (Å²) in [6.45, 7) is 0. The predicted molar refractivity (Wildman–Crippen MR) is 18.2 cm³/mol. The summed E-state index contributed by atoms with van der Waals surface area (Å²) in [6, 6.07) is 0. The Morgan fingerprint density at radius 2 is 2.50 bits per heavy atom. The normalized spacial score (nSPS) is 13.7. The van der Waals surface area contributed by atoms with E-state index in [0.29, 0.717) is 0 Å². The van der Waals surface area contributed by atoms with Gasteiger partial charge < -0.3 is 9.84 Å². The van der Waals surface area contributed by atoms with Crippen LogP contribution in [0.2, 0.25) is 0 Å². The third-order valence-corrected chi connectivity index (χ3v) is 0.321. The fraction of sp³-hybridized carbons (Fsp3) is 1.00. The van der Waals surface area contributed by atoms with Gasteiger partial charge >= 0.3 is 0 Å². The second-order valence-electron chi connectivity index (χ2n) is 0.691. The van der Waals surface area contributed by atoms with E-state index < -0.39 is 6.41 Å². The first-order valence-corrected chi connectivity index (χ1v) is 1.38. The van der Waals surface area contributed by atoms with E-state index in [-0.39, 0.29) is 0 Å². The predicted octanol–water partition coefficient (Wildman–Crippen LogP) is -0.0603. The van der Waals surface area contributed by atoms with Gasteiger partial charge in [0.05, 0.1) is 0 Å². The number of ether oxygens (including phenoxy) is 1. The summed E-state index contributed by atoms with van der Waals surface area (Å²) in [5.74, 6) is 0. The molecule has 0 aliphatic heterocycles. The van der Waals surface area contributed by atoms with Crippen LogP contribution in [0.4, 0.5) is 0 Å². The van der Waals surface area contributed by atoms with Gasteiger partial charge in [0.25, 0.3) is 6.41 Å². The second-order valence-corrected chi connectivity index (χ2v) is 0.691. The van der Waals surface area contributed by atoms with E-state index in [1.807, 2.05) is 0 Å². The van der Waals surface area contributed by atoms with Gasteiger partial charge in [-0.05, 0) is 0 Å². The van der Waals surface area contributed by atoms with Crippen molar-refractivity contribution in [1.82, 2.24) is 0 Å². The van der Waals surface area contributed by atoms with E-state index in [2.05, 4.69) is 9.85 Å².